The normalized spacial score (nSPS) is 11.7. The first-order valence-electron chi connectivity index (χ1n) is 5.56. The van der Waals surface area contributed by atoms with E-state index in [1.54, 1.807) is 29.9 Å². The molecule has 0 aliphatic carbocycles. The van der Waals surface area contributed by atoms with Crippen molar-refractivity contribution in [1.82, 2.24) is 4.98 Å². The summed E-state index contributed by atoms with van der Waals surface area (Å²) in [5.41, 5.74) is 1.01. The van der Waals surface area contributed by atoms with Crippen molar-refractivity contribution in [2.75, 3.05) is 13.2 Å². The summed E-state index contributed by atoms with van der Waals surface area (Å²) in [4.78, 5) is 4.86. The topological polar surface area (TPSA) is 53.4 Å². The van der Waals surface area contributed by atoms with Crippen LogP contribution < -0.4 is 0 Å². The maximum absolute atomic E-state index is 13.9. The Labute approximate surface area is 109 Å². The highest BCUT2D eigenvalue weighted by Gasteiger charge is 2.34. The lowest BCUT2D eigenvalue weighted by Crippen LogP contribution is -2.38. The third kappa shape index (κ3) is 2.43. The summed E-state index contributed by atoms with van der Waals surface area (Å²) in [5, 5.41) is 19.2. The number of aliphatic hydroxyl groups is 2. The van der Waals surface area contributed by atoms with Crippen molar-refractivity contribution < 1.29 is 14.6 Å². The zero-order valence-electron chi connectivity index (χ0n) is 9.71. The molecule has 2 N–H and O–H groups in total. The lowest BCUT2D eigenvalue weighted by atomic mass is 9.78. The number of halogens is 1. The van der Waals surface area contributed by atoms with E-state index < -0.39 is 11.2 Å². The van der Waals surface area contributed by atoms with Crippen LogP contribution in [-0.2, 0) is 11.8 Å². The molecule has 0 amide bonds. The Hall–Kier alpha value is -1.30. The van der Waals surface area contributed by atoms with Gasteiger partial charge in [0.05, 0.1) is 18.7 Å². The first kappa shape index (κ1) is 13.1. The van der Waals surface area contributed by atoms with Crippen LogP contribution in [0, 0.1) is 5.82 Å². The quantitative estimate of drug-likeness (QED) is 0.867. The Morgan fingerprint density at radius 2 is 1.94 bits per heavy atom. The van der Waals surface area contributed by atoms with Gasteiger partial charge in [-0.3, -0.25) is 4.98 Å². The second kappa shape index (κ2) is 5.56. The highest BCUT2D eigenvalue weighted by atomic mass is 32.1. The first-order chi connectivity index (χ1) is 8.72. The molecule has 0 aliphatic heterocycles. The maximum atomic E-state index is 13.9. The van der Waals surface area contributed by atoms with Crippen LogP contribution in [0.2, 0.25) is 0 Å². The summed E-state index contributed by atoms with van der Waals surface area (Å²) >= 11 is 1.43. The van der Waals surface area contributed by atoms with Crippen molar-refractivity contribution in [3.05, 3.63) is 52.2 Å². The van der Waals surface area contributed by atoms with Gasteiger partial charge in [-0.1, -0.05) is 18.2 Å². The van der Waals surface area contributed by atoms with E-state index in [0.717, 1.165) is 4.88 Å². The second-order valence-corrected chi connectivity index (χ2v) is 5.19. The number of nitrogens with zero attached hydrogens (tertiary/aromatic N) is 1. The number of hydrogen-bond acceptors (Lipinski definition) is 4. The summed E-state index contributed by atoms with van der Waals surface area (Å²) in [6.45, 7) is -0.634. The number of thiazole rings is 1. The molecule has 1 heterocycles. The predicted octanol–water partition coefficient (Wildman–Crippen LogP) is 1.75. The molecule has 96 valence electrons. The minimum Gasteiger partial charge on any atom is -0.395 e. The van der Waals surface area contributed by atoms with Crippen molar-refractivity contribution in [1.29, 1.82) is 0 Å². The van der Waals surface area contributed by atoms with Crippen LogP contribution in [0.4, 0.5) is 4.39 Å². The molecular formula is C13H14FNO2S. The molecule has 1 aromatic heterocycles. The van der Waals surface area contributed by atoms with Crippen LogP contribution in [0.25, 0.3) is 0 Å². The maximum Gasteiger partial charge on any atom is 0.127 e. The van der Waals surface area contributed by atoms with Gasteiger partial charge in [-0.15, -0.1) is 11.3 Å². The summed E-state index contributed by atoms with van der Waals surface area (Å²) in [7, 11) is 0. The van der Waals surface area contributed by atoms with Crippen LogP contribution in [0.5, 0.6) is 0 Å². The number of benzene rings is 1. The van der Waals surface area contributed by atoms with Gasteiger partial charge in [-0.05, 0) is 18.1 Å². The number of aromatic nitrogens is 1. The summed E-state index contributed by atoms with van der Waals surface area (Å²) in [6.07, 6.45) is 2.04. The van der Waals surface area contributed by atoms with Gasteiger partial charge in [-0.25, -0.2) is 4.39 Å². The van der Waals surface area contributed by atoms with Crippen molar-refractivity contribution >= 4 is 11.3 Å². The Bertz CT molecular complexity index is 497. The Morgan fingerprint density at radius 3 is 2.50 bits per heavy atom. The highest BCUT2D eigenvalue weighted by Crippen LogP contribution is 2.31. The van der Waals surface area contributed by atoms with Crippen LogP contribution >= 0.6 is 11.3 Å². The number of hydrogen-bond donors (Lipinski definition) is 2. The van der Waals surface area contributed by atoms with Gasteiger partial charge in [0, 0.05) is 16.5 Å². The second-order valence-electron chi connectivity index (χ2n) is 4.22. The summed E-state index contributed by atoms with van der Waals surface area (Å²) in [6, 6.07) is 6.22. The molecule has 0 aliphatic rings. The zero-order valence-corrected chi connectivity index (χ0v) is 10.5. The molecule has 0 bridgehead atoms. The molecule has 18 heavy (non-hydrogen) atoms. The van der Waals surface area contributed by atoms with Crippen LogP contribution in [0.3, 0.4) is 0 Å². The minimum atomic E-state index is -1.00. The highest BCUT2D eigenvalue weighted by molar-refractivity contribution is 7.09. The predicted molar refractivity (Wildman–Crippen MR) is 68.1 cm³/mol. The van der Waals surface area contributed by atoms with Crippen molar-refractivity contribution in [3.8, 4) is 0 Å². The standard InChI is InChI=1S/C13H14FNO2S/c14-12-4-2-1-3-11(12)13(7-16,8-17)5-10-6-15-9-18-10/h1-4,6,9,16-17H,5,7-8H2. The largest absolute Gasteiger partial charge is 0.395 e. The monoisotopic (exact) mass is 267 g/mol. The van der Waals surface area contributed by atoms with Gasteiger partial charge in [-0.2, -0.15) is 0 Å². The fraction of sp³-hybridized carbons (Fsp3) is 0.308. The lowest BCUT2D eigenvalue weighted by Gasteiger charge is -2.30. The minimum absolute atomic E-state index is 0.317. The third-order valence-electron chi connectivity index (χ3n) is 3.05. The molecule has 2 rings (SSSR count). The van der Waals surface area contributed by atoms with Gasteiger partial charge in [0.15, 0.2) is 0 Å². The molecule has 0 unspecified atom stereocenters. The van der Waals surface area contributed by atoms with E-state index in [4.69, 9.17) is 0 Å². The molecule has 2 aromatic rings. The number of aliphatic hydroxyl groups excluding tert-OH is 2. The fourth-order valence-corrected chi connectivity index (χ4v) is 2.72. The molecule has 1 aromatic carbocycles. The van der Waals surface area contributed by atoms with Gasteiger partial charge in [0.2, 0.25) is 0 Å². The van der Waals surface area contributed by atoms with E-state index in [-0.39, 0.29) is 13.2 Å². The van der Waals surface area contributed by atoms with E-state index in [0.29, 0.717) is 12.0 Å². The fourth-order valence-electron chi connectivity index (χ4n) is 1.98. The van der Waals surface area contributed by atoms with E-state index in [1.807, 2.05) is 0 Å². The Balaban J connectivity index is 2.40. The first-order valence-corrected chi connectivity index (χ1v) is 6.44. The zero-order chi connectivity index (χ0) is 13.0. The smallest absolute Gasteiger partial charge is 0.127 e. The Morgan fingerprint density at radius 1 is 1.22 bits per heavy atom. The summed E-state index contributed by atoms with van der Waals surface area (Å²) < 4.78 is 13.9. The van der Waals surface area contributed by atoms with Crippen molar-refractivity contribution in [2.45, 2.75) is 11.8 Å². The Kier molecular flexibility index (Phi) is 4.06. The average molecular weight is 267 g/mol. The van der Waals surface area contributed by atoms with E-state index >= 15 is 0 Å². The molecule has 0 saturated carbocycles. The molecule has 3 nitrogen and oxygen atoms in total. The van der Waals surface area contributed by atoms with E-state index in [2.05, 4.69) is 4.98 Å². The summed E-state index contributed by atoms with van der Waals surface area (Å²) in [5.74, 6) is -0.412. The van der Waals surface area contributed by atoms with Gasteiger partial charge >= 0.3 is 0 Å². The molecule has 0 spiro atoms. The molecule has 0 saturated heterocycles. The molecule has 0 radical (unpaired) electrons. The van der Waals surface area contributed by atoms with Crippen LogP contribution in [0.15, 0.2) is 36.0 Å². The lowest BCUT2D eigenvalue weighted by molar-refractivity contribution is 0.114. The van der Waals surface area contributed by atoms with Gasteiger partial charge in [0.25, 0.3) is 0 Å². The number of rotatable bonds is 5. The van der Waals surface area contributed by atoms with Gasteiger partial charge < -0.3 is 10.2 Å². The molecular weight excluding hydrogens is 253 g/mol. The van der Waals surface area contributed by atoms with Gasteiger partial charge in [0.1, 0.15) is 5.82 Å². The van der Waals surface area contributed by atoms with Crippen molar-refractivity contribution in [3.63, 3.8) is 0 Å². The van der Waals surface area contributed by atoms with E-state index in [9.17, 15) is 14.6 Å². The van der Waals surface area contributed by atoms with E-state index in [1.165, 1.54) is 17.4 Å². The third-order valence-corrected chi connectivity index (χ3v) is 3.83. The van der Waals surface area contributed by atoms with Crippen LogP contribution in [0.1, 0.15) is 10.4 Å². The van der Waals surface area contributed by atoms with Crippen LogP contribution in [-0.4, -0.2) is 28.4 Å². The average Bonchev–Trinajstić information content (AvgIpc) is 2.90. The van der Waals surface area contributed by atoms with Crippen molar-refractivity contribution in [2.24, 2.45) is 0 Å². The molecule has 0 fully saturated rings. The molecule has 0 atom stereocenters. The molecule has 5 heteroatoms. The SMILES string of the molecule is OCC(CO)(Cc1cncs1)c1ccccc1F.